The van der Waals surface area contributed by atoms with Crippen LogP contribution in [0.1, 0.15) is 28.1 Å². The standard InChI is InChI=1S/C8H17N.H2/c1-7(2)8-4-3-5-9-6-8;/h7-9H,3-6H2,1-2H3;1H/t8-;/m1./s1. The maximum absolute atomic E-state index is 3.42. The third-order valence-corrected chi connectivity index (χ3v) is 2.28. The first-order valence-corrected chi connectivity index (χ1v) is 4.01. The number of hydrogen-bond donors (Lipinski definition) is 1. The predicted octanol–water partition coefficient (Wildman–Crippen LogP) is 1.89. The summed E-state index contributed by atoms with van der Waals surface area (Å²) in [5, 5.41) is 3.42. The molecule has 1 aliphatic rings. The van der Waals surface area contributed by atoms with Crippen molar-refractivity contribution in [1.29, 1.82) is 0 Å². The van der Waals surface area contributed by atoms with Gasteiger partial charge < -0.3 is 5.32 Å². The first-order chi connectivity index (χ1) is 4.30. The van der Waals surface area contributed by atoms with Crippen molar-refractivity contribution in [3.8, 4) is 0 Å². The van der Waals surface area contributed by atoms with Crippen LogP contribution in [-0.4, -0.2) is 13.1 Å². The third kappa shape index (κ3) is 1.98. The first-order valence-electron chi connectivity index (χ1n) is 4.01. The summed E-state index contributed by atoms with van der Waals surface area (Å²) in [5.74, 6) is 1.82. The minimum Gasteiger partial charge on any atom is -0.316 e. The Balaban J connectivity index is 0.000000810. The minimum atomic E-state index is 0. The molecule has 1 nitrogen and oxygen atoms in total. The van der Waals surface area contributed by atoms with Crippen molar-refractivity contribution in [1.82, 2.24) is 5.32 Å². The van der Waals surface area contributed by atoms with E-state index in [0.717, 1.165) is 11.8 Å². The maximum atomic E-state index is 3.42. The molecule has 0 spiro atoms. The molecule has 0 bridgehead atoms. The second kappa shape index (κ2) is 3.21. The quantitative estimate of drug-likeness (QED) is 0.570. The van der Waals surface area contributed by atoms with Gasteiger partial charge in [-0.25, -0.2) is 0 Å². The van der Waals surface area contributed by atoms with E-state index in [1.807, 2.05) is 0 Å². The Kier molecular flexibility index (Phi) is 2.52. The minimum absolute atomic E-state index is 0. The van der Waals surface area contributed by atoms with E-state index in [4.69, 9.17) is 0 Å². The van der Waals surface area contributed by atoms with Crippen LogP contribution in [0.2, 0.25) is 0 Å². The van der Waals surface area contributed by atoms with Gasteiger partial charge in [-0.1, -0.05) is 13.8 Å². The van der Waals surface area contributed by atoms with Crippen molar-refractivity contribution in [2.45, 2.75) is 26.7 Å². The molecular formula is C8H19N. The van der Waals surface area contributed by atoms with Gasteiger partial charge in [0.05, 0.1) is 0 Å². The number of rotatable bonds is 1. The van der Waals surface area contributed by atoms with E-state index in [9.17, 15) is 0 Å². The Morgan fingerprint density at radius 2 is 2.33 bits per heavy atom. The molecule has 0 aromatic carbocycles. The van der Waals surface area contributed by atoms with Crippen molar-refractivity contribution in [2.75, 3.05) is 13.1 Å². The SMILES string of the molecule is CC(C)[C@@H]1CCCNC1.[HH]. The summed E-state index contributed by atoms with van der Waals surface area (Å²) in [6.07, 6.45) is 2.81. The molecule has 56 valence electrons. The molecule has 0 saturated carbocycles. The molecule has 0 amide bonds. The van der Waals surface area contributed by atoms with E-state index < -0.39 is 0 Å². The molecule has 9 heavy (non-hydrogen) atoms. The smallest absolute Gasteiger partial charge is 0 e. The highest BCUT2D eigenvalue weighted by atomic mass is 14.9. The van der Waals surface area contributed by atoms with Gasteiger partial charge in [0.2, 0.25) is 0 Å². The Morgan fingerprint density at radius 1 is 1.56 bits per heavy atom. The summed E-state index contributed by atoms with van der Waals surface area (Å²) in [7, 11) is 0. The summed E-state index contributed by atoms with van der Waals surface area (Å²) in [5.41, 5.74) is 0. The second-order valence-electron chi connectivity index (χ2n) is 3.35. The normalized spacial score (nSPS) is 29.0. The molecule has 0 radical (unpaired) electrons. The van der Waals surface area contributed by atoms with Crippen LogP contribution in [0.15, 0.2) is 0 Å². The Labute approximate surface area is 59.3 Å². The Bertz CT molecular complexity index is 77.3. The molecule has 1 heteroatoms. The van der Waals surface area contributed by atoms with Crippen molar-refractivity contribution in [3.05, 3.63) is 0 Å². The lowest BCUT2D eigenvalue weighted by Gasteiger charge is -2.25. The van der Waals surface area contributed by atoms with Crippen LogP contribution in [0.4, 0.5) is 0 Å². The van der Waals surface area contributed by atoms with Crippen LogP contribution < -0.4 is 5.32 Å². The summed E-state index contributed by atoms with van der Waals surface area (Å²) < 4.78 is 0. The highest BCUT2D eigenvalue weighted by molar-refractivity contribution is 4.70. The molecule has 1 fully saturated rings. The zero-order chi connectivity index (χ0) is 6.69. The lowest BCUT2D eigenvalue weighted by atomic mass is 9.89. The summed E-state index contributed by atoms with van der Waals surface area (Å²) in [6.45, 7) is 7.12. The maximum Gasteiger partial charge on any atom is 0 e. The van der Waals surface area contributed by atoms with Gasteiger partial charge in [0.15, 0.2) is 0 Å². The van der Waals surface area contributed by atoms with Crippen LogP contribution >= 0.6 is 0 Å². The van der Waals surface area contributed by atoms with Crippen molar-refractivity contribution >= 4 is 0 Å². The van der Waals surface area contributed by atoms with Gasteiger partial charge >= 0.3 is 0 Å². The average molecular weight is 129 g/mol. The topological polar surface area (TPSA) is 12.0 Å². The van der Waals surface area contributed by atoms with Crippen LogP contribution in [0.5, 0.6) is 0 Å². The summed E-state index contributed by atoms with van der Waals surface area (Å²) >= 11 is 0. The van der Waals surface area contributed by atoms with E-state index in [-0.39, 0.29) is 1.43 Å². The van der Waals surface area contributed by atoms with Crippen LogP contribution in [-0.2, 0) is 0 Å². The van der Waals surface area contributed by atoms with Crippen molar-refractivity contribution < 1.29 is 1.43 Å². The van der Waals surface area contributed by atoms with E-state index >= 15 is 0 Å². The number of hydrogen-bond acceptors (Lipinski definition) is 1. The van der Waals surface area contributed by atoms with Crippen LogP contribution in [0.3, 0.4) is 0 Å². The third-order valence-electron chi connectivity index (χ3n) is 2.28. The highest BCUT2D eigenvalue weighted by Gasteiger charge is 2.15. The molecule has 1 saturated heterocycles. The molecule has 1 atom stereocenters. The van der Waals surface area contributed by atoms with Gasteiger partial charge in [-0.05, 0) is 37.8 Å². The predicted molar refractivity (Wildman–Crippen MR) is 42.5 cm³/mol. The van der Waals surface area contributed by atoms with Gasteiger partial charge in [0.25, 0.3) is 0 Å². The molecule has 1 aliphatic heterocycles. The summed E-state index contributed by atoms with van der Waals surface area (Å²) in [4.78, 5) is 0. The van der Waals surface area contributed by atoms with E-state index in [0.29, 0.717) is 0 Å². The highest BCUT2D eigenvalue weighted by Crippen LogP contribution is 2.18. The molecule has 0 aromatic heterocycles. The first kappa shape index (κ1) is 7.07. The monoisotopic (exact) mass is 129 g/mol. The zero-order valence-corrected chi connectivity index (χ0v) is 6.48. The van der Waals surface area contributed by atoms with Gasteiger partial charge in [-0.2, -0.15) is 0 Å². The Hall–Kier alpha value is -0.0400. The van der Waals surface area contributed by atoms with E-state index in [1.165, 1.54) is 25.9 Å². The van der Waals surface area contributed by atoms with E-state index in [2.05, 4.69) is 19.2 Å². The van der Waals surface area contributed by atoms with E-state index in [1.54, 1.807) is 0 Å². The van der Waals surface area contributed by atoms with Crippen molar-refractivity contribution in [3.63, 3.8) is 0 Å². The molecule has 0 unspecified atom stereocenters. The Morgan fingerprint density at radius 3 is 2.67 bits per heavy atom. The number of piperidine rings is 1. The average Bonchev–Trinajstić information content (AvgIpc) is 1.90. The molecule has 1 N–H and O–H groups in total. The molecule has 1 rings (SSSR count). The second-order valence-corrected chi connectivity index (χ2v) is 3.35. The van der Waals surface area contributed by atoms with Crippen molar-refractivity contribution in [2.24, 2.45) is 11.8 Å². The molecule has 1 heterocycles. The largest absolute Gasteiger partial charge is 0.316 e. The lowest BCUT2D eigenvalue weighted by Crippen LogP contribution is -2.32. The zero-order valence-electron chi connectivity index (χ0n) is 6.48. The molecule has 0 aromatic rings. The molecule has 0 aliphatic carbocycles. The van der Waals surface area contributed by atoms with Gasteiger partial charge in [-0.3, -0.25) is 0 Å². The lowest BCUT2D eigenvalue weighted by molar-refractivity contribution is 0.296. The summed E-state index contributed by atoms with van der Waals surface area (Å²) in [6, 6.07) is 0. The van der Waals surface area contributed by atoms with Gasteiger partial charge in [-0.15, -0.1) is 0 Å². The fourth-order valence-corrected chi connectivity index (χ4v) is 1.45. The fraction of sp³-hybridized carbons (Fsp3) is 1.00. The van der Waals surface area contributed by atoms with Gasteiger partial charge in [0.1, 0.15) is 0 Å². The fourth-order valence-electron chi connectivity index (χ4n) is 1.45. The number of nitrogens with one attached hydrogen (secondary N) is 1. The van der Waals surface area contributed by atoms with Gasteiger partial charge in [0, 0.05) is 1.43 Å². The molecular weight excluding hydrogens is 110 g/mol. The van der Waals surface area contributed by atoms with Crippen LogP contribution in [0, 0.1) is 11.8 Å². The van der Waals surface area contributed by atoms with Crippen LogP contribution in [0.25, 0.3) is 0 Å².